The van der Waals surface area contributed by atoms with E-state index in [1.165, 1.54) is 25.0 Å². The Labute approximate surface area is 160 Å². The Morgan fingerprint density at radius 2 is 1.70 bits per heavy atom. The number of nitrogens with zero attached hydrogens (tertiary/aromatic N) is 1. The maximum absolute atomic E-state index is 13.2. The van der Waals surface area contributed by atoms with E-state index in [1.54, 1.807) is 12.1 Å². The molecule has 27 heavy (non-hydrogen) atoms. The highest BCUT2D eigenvalue weighted by molar-refractivity contribution is 5.78. The lowest BCUT2D eigenvalue weighted by Crippen LogP contribution is -2.43. The Kier molecular flexibility index (Phi) is 5.26. The van der Waals surface area contributed by atoms with E-state index in [2.05, 4.69) is 11.9 Å². The molecule has 0 aromatic heterocycles. The van der Waals surface area contributed by atoms with Gasteiger partial charge in [0, 0.05) is 12.1 Å². The number of piperidine rings is 1. The lowest BCUT2D eigenvalue weighted by Gasteiger charge is -2.36. The number of hydrogen-bond acceptors (Lipinski definition) is 3. The zero-order valence-electron chi connectivity index (χ0n) is 15.7. The van der Waals surface area contributed by atoms with E-state index in [-0.39, 0.29) is 23.8 Å². The fourth-order valence-corrected chi connectivity index (χ4v) is 4.58. The third-order valence-electron chi connectivity index (χ3n) is 6.18. The minimum atomic E-state index is -0.367. The van der Waals surface area contributed by atoms with Crippen molar-refractivity contribution in [1.82, 2.24) is 4.90 Å². The summed E-state index contributed by atoms with van der Waals surface area (Å²) in [4.78, 5) is 15.5. The molecule has 2 aliphatic heterocycles. The molecule has 0 N–H and O–H groups in total. The molecular weight excluding hydrogens is 341 g/mol. The van der Waals surface area contributed by atoms with Gasteiger partial charge in [-0.2, -0.15) is 0 Å². The number of esters is 1. The molecule has 2 unspecified atom stereocenters. The molecule has 2 aromatic carbocycles. The molecule has 0 radical (unpaired) electrons. The Balaban J connectivity index is 1.49. The van der Waals surface area contributed by atoms with Crippen molar-refractivity contribution in [2.45, 2.75) is 56.2 Å². The van der Waals surface area contributed by atoms with Crippen LogP contribution in [0.1, 0.15) is 42.7 Å². The maximum Gasteiger partial charge on any atom is 0.314 e. The SMILES string of the molecule is CN1[C@@H]2CC[C@H]1CC(OC(=O)C(Cc1ccc(F)cc1)c1ccccc1)C2. The summed E-state index contributed by atoms with van der Waals surface area (Å²) >= 11 is 0. The second kappa shape index (κ2) is 7.81. The van der Waals surface area contributed by atoms with Gasteiger partial charge in [0.25, 0.3) is 0 Å². The average molecular weight is 367 g/mol. The van der Waals surface area contributed by atoms with Crippen LogP contribution in [0.25, 0.3) is 0 Å². The van der Waals surface area contributed by atoms with Crippen molar-refractivity contribution < 1.29 is 13.9 Å². The predicted molar refractivity (Wildman–Crippen MR) is 103 cm³/mol. The molecule has 2 bridgehead atoms. The molecule has 3 nitrogen and oxygen atoms in total. The summed E-state index contributed by atoms with van der Waals surface area (Å²) in [6.07, 6.45) is 4.78. The molecule has 0 spiro atoms. The highest BCUT2D eigenvalue weighted by Crippen LogP contribution is 2.36. The summed E-state index contributed by atoms with van der Waals surface area (Å²) in [5.74, 6) is -0.798. The molecule has 2 saturated heterocycles. The number of carbonyl (C=O) groups excluding carboxylic acids is 1. The number of carbonyl (C=O) groups is 1. The molecule has 2 aromatic rings. The average Bonchev–Trinajstić information content (AvgIpc) is 2.89. The van der Waals surface area contributed by atoms with Gasteiger partial charge in [-0.3, -0.25) is 4.79 Å². The Bertz CT molecular complexity index is 763. The molecule has 2 fully saturated rings. The minimum Gasteiger partial charge on any atom is -0.462 e. The molecule has 0 aliphatic carbocycles. The van der Waals surface area contributed by atoms with E-state index in [0.717, 1.165) is 24.0 Å². The largest absolute Gasteiger partial charge is 0.462 e. The molecule has 2 aliphatic rings. The third kappa shape index (κ3) is 4.06. The summed E-state index contributed by atoms with van der Waals surface area (Å²) < 4.78 is 19.2. The van der Waals surface area contributed by atoms with Gasteiger partial charge in [-0.05, 0) is 62.4 Å². The van der Waals surface area contributed by atoms with Crippen LogP contribution in [0.15, 0.2) is 54.6 Å². The van der Waals surface area contributed by atoms with Gasteiger partial charge in [-0.1, -0.05) is 42.5 Å². The Morgan fingerprint density at radius 1 is 1.07 bits per heavy atom. The van der Waals surface area contributed by atoms with Crippen LogP contribution in [0, 0.1) is 5.82 Å². The quantitative estimate of drug-likeness (QED) is 0.737. The molecule has 4 heteroatoms. The smallest absolute Gasteiger partial charge is 0.314 e. The van der Waals surface area contributed by atoms with Crippen molar-refractivity contribution in [3.05, 3.63) is 71.5 Å². The third-order valence-corrected chi connectivity index (χ3v) is 6.18. The number of hydrogen-bond donors (Lipinski definition) is 0. The van der Waals surface area contributed by atoms with Crippen molar-refractivity contribution in [3.63, 3.8) is 0 Å². The summed E-state index contributed by atoms with van der Waals surface area (Å²) in [5, 5.41) is 0. The van der Waals surface area contributed by atoms with E-state index >= 15 is 0 Å². The lowest BCUT2D eigenvalue weighted by molar-refractivity contribution is -0.154. The summed E-state index contributed by atoms with van der Waals surface area (Å²) in [5.41, 5.74) is 1.88. The van der Waals surface area contributed by atoms with Gasteiger partial charge >= 0.3 is 5.97 Å². The number of fused-ring (bicyclic) bond motifs is 2. The van der Waals surface area contributed by atoms with Crippen LogP contribution in [-0.4, -0.2) is 36.1 Å². The maximum atomic E-state index is 13.2. The van der Waals surface area contributed by atoms with Gasteiger partial charge < -0.3 is 9.64 Å². The van der Waals surface area contributed by atoms with Crippen LogP contribution in [0.3, 0.4) is 0 Å². The van der Waals surface area contributed by atoms with E-state index in [4.69, 9.17) is 4.74 Å². The first-order chi connectivity index (χ1) is 13.1. The second-order valence-electron chi connectivity index (χ2n) is 7.87. The molecule has 2 heterocycles. The number of ether oxygens (including phenoxy) is 1. The predicted octanol–water partition coefficient (Wildman–Crippen LogP) is 4.32. The van der Waals surface area contributed by atoms with Crippen LogP contribution < -0.4 is 0 Å². The van der Waals surface area contributed by atoms with Crippen molar-refractivity contribution in [2.75, 3.05) is 7.05 Å². The first-order valence-electron chi connectivity index (χ1n) is 9.82. The highest BCUT2D eigenvalue weighted by atomic mass is 19.1. The summed E-state index contributed by atoms with van der Waals surface area (Å²) in [6.45, 7) is 0. The molecule has 0 saturated carbocycles. The molecule has 4 rings (SSSR count). The molecule has 4 atom stereocenters. The fraction of sp³-hybridized carbons (Fsp3) is 0.435. The highest BCUT2D eigenvalue weighted by Gasteiger charge is 2.40. The Morgan fingerprint density at radius 3 is 2.33 bits per heavy atom. The number of rotatable bonds is 5. The number of halogens is 1. The van der Waals surface area contributed by atoms with Crippen LogP contribution in [-0.2, 0) is 16.0 Å². The van der Waals surface area contributed by atoms with E-state index < -0.39 is 0 Å². The standard InChI is InChI=1S/C23H26FNO2/c1-25-19-11-12-20(25)15-21(14-19)27-23(26)22(17-5-3-2-4-6-17)13-16-7-9-18(24)10-8-16/h2-10,19-22H,11-15H2,1H3/t19-,20+,21?,22?. The summed E-state index contributed by atoms with van der Waals surface area (Å²) in [6, 6.07) is 17.2. The first-order valence-corrected chi connectivity index (χ1v) is 9.82. The summed E-state index contributed by atoms with van der Waals surface area (Å²) in [7, 11) is 2.18. The van der Waals surface area contributed by atoms with Crippen LogP contribution >= 0.6 is 0 Å². The zero-order chi connectivity index (χ0) is 18.8. The van der Waals surface area contributed by atoms with E-state index in [0.29, 0.717) is 18.5 Å². The van der Waals surface area contributed by atoms with Crippen LogP contribution in [0.4, 0.5) is 4.39 Å². The van der Waals surface area contributed by atoms with Gasteiger partial charge in [0.2, 0.25) is 0 Å². The van der Waals surface area contributed by atoms with Gasteiger partial charge in [-0.25, -0.2) is 4.39 Å². The van der Waals surface area contributed by atoms with Crippen molar-refractivity contribution >= 4 is 5.97 Å². The van der Waals surface area contributed by atoms with Gasteiger partial charge in [-0.15, -0.1) is 0 Å². The van der Waals surface area contributed by atoms with Crippen LogP contribution in [0.5, 0.6) is 0 Å². The van der Waals surface area contributed by atoms with Gasteiger partial charge in [0.15, 0.2) is 0 Å². The fourth-order valence-electron chi connectivity index (χ4n) is 4.58. The van der Waals surface area contributed by atoms with E-state index in [9.17, 15) is 9.18 Å². The Hall–Kier alpha value is -2.20. The topological polar surface area (TPSA) is 29.5 Å². The monoisotopic (exact) mass is 367 g/mol. The normalized spacial score (nSPS) is 25.9. The van der Waals surface area contributed by atoms with Gasteiger partial charge in [0.1, 0.15) is 11.9 Å². The van der Waals surface area contributed by atoms with Gasteiger partial charge in [0.05, 0.1) is 5.92 Å². The zero-order valence-corrected chi connectivity index (χ0v) is 15.7. The molecule has 142 valence electrons. The molecule has 0 amide bonds. The van der Waals surface area contributed by atoms with Crippen molar-refractivity contribution in [1.29, 1.82) is 0 Å². The van der Waals surface area contributed by atoms with Crippen LogP contribution in [0.2, 0.25) is 0 Å². The van der Waals surface area contributed by atoms with Crippen molar-refractivity contribution in [3.8, 4) is 0 Å². The second-order valence-corrected chi connectivity index (χ2v) is 7.87. The lowest BCUT2D eigenvalue weighted by atomic mass is 9.91. The van der Waals surface area contributed by atoms with E-state index in [1.807, 2.05) is 30.3 Å². The first kappa shape index (κ1) is 18.2. The van der Waals surface area contributed by atoms with Crippen molar-refractivity contribution in [2.24, 2.45) is 0 Å². The number of benzene rings is 2. The molecular formula is C23H26FNO2. The minimum absolute atomic E-state index is 0.00521.